The molecule has 3 aromatic rings. The maximum atomic E-state index is 13.1. The molecule has 1 aromatic heterocycles. The van der Waals surface area contributed by atoms with E-state index < -0.39 is 0 Å². The number of aromatic nitrogens is 2. The van der Waals surface area contributed by atoms with Crippen molar-refractivity contribution in [1.82, 2.24) is 9.55 Å². The van der Waals surface area contributed by atoms with Gasteiger partial charge in [-0.25, -0.2) is 4.98 Å². The highest BCUT2D eigenvalue weighted by Crippen LogP contribution is 2.22. The second-order valence-electron chi connectivity index (χ2n) is 6.92. The molecule has 0 saturated carbocycles. The van der Waals surface area contributed by atoms with Crippen LogP contribution in [0, 0.1) is 6.92 Å². The maximum absolute atomic E-state index is 13.1. The van der Waals surface area contributed by atoms with Crippen LogP contribution in [0.25, 0.3) is 10.9 Å². The van der Waals surface area contributed by atoms with E-state index in [1.165, 1.54) is 0 Å². The third-order valence-corrected chi connectivity index (χ3v) is 5.84. The summed E-state index contributed by atoms with van der Waals surface area (Å²) in [5.41, 5.74) is 1.86. The monoisotopic (exact) mass is 396 g/mol. The predicted molar refractivity (Wildman–Crippen MR) is 112 cm³/mol. The second-order valence-corrected chi connectivity index (χ2v) is 7.99. The highest BCUT2D eigenvalue weighted by Gasteiger charge is 2.20. The Morgan fingerprint density at radius 3 is 2.86 bits per heavy atom. The Kier molecular flexibility index (Phi) is 5.98. The van der Waals surface area contributed by atoms with Crippen molar-refractivity contribution >= 4 is 22.7 Å². The number of hydrogen-bond donors (Lipinski definition) is 0. The summed E-state index contributed by atoms with van der Waals surface area (Å²) in [7, 11) is 0. The summed E-state index contributed by atoms with van der Waals surface area (Å²) < 4.78 is 13.4. The molecule has 0 aliphatic carbocycles. The first kappa shape index (κ1) is 19.0. The smallest absolute Gasteiger partial charge is 0.262 e. The van der Waals surface area contributed by atoms with Gasteiger partial charge in [0, 0.05) is 12.4 Å². The van der Waals surface area contributed by atoms with Gasteiger partial charge < -0.3 is 9.47 Å². The Morgan fingerprint density at radius 1 is 1.21 bits per heavy atom. The lowest BCUT2D eigenvalue weighted by Gasteiger charge is -2.16. The van der Waals surface area contributed by atoms with Gasteiger partial charge in [-0.3, -0.25) is 9.36 Å². The molecule has 6 heteroatoms. The molecule has 1 fully saturated rings. The van der Waals surface area contributed by atoms with Crippen molar-refractivity contribution in [2.24, 2.45) is 0 Å². The van der Waals surface area contributed by atoms with Crippen LogP contribution in [0.5, 0.6) is 5.75 Å². The number of thioether (sulfide) groups is 1. The normalized spacial score (nSPS) is 16.5. The lowest BCUT2D eigenvalue weighted by Crippen LogP contribution is -2.29. The van der Waals surface area contributed by atoms with E-state index in [9.17, 15) is 4.79 Å². The average molecular weight is 397 g/mol. The van der Waals surface area contributed by atoms with Crippen molar-refractivity contribution in [2.45, 2.75) is 37.6 Å². The third-order valence-electron chi connectivity index (χ3n) is 4.90. The van der Waals surface area contributed by atoms with Crippen molar-refractivity contribution in [1.29, 1.82) is 0 Å². The van der Waals surface area contributed by atoms with Gasteiger partial charge in [0.15, 0.2) is 5.16 Å². The topological polar surface area (TPSA) is 53.3 Å². The fourth-order valence-corrected chi connectivity index (χ4v) is 4.24. The highest BCUT2D eigenvalue weighted by molar-refractivity contribution is 7.99. The molecular weight excluding hydrogens is 372 g/mol. The van der Waals surface area contributed by atoms with E-state index in [0.29, 0.717) is 24.3 Å². The van der Waals surface area contributed by atoms with Gasteiger partial charge in [-0.1, -0.05) is 42.1 Å². The Bertz CT molecular complexity index is 1010. The Balaban J connectivity index is 1.52. The van der Waals surface area contributed by atoms with Gasteiger partial charge in [0.05, 0.1) is 30.2 Å². The largest absolute Gasteiger partial charge is 0.492 e. The summed E-state index contributed by atoms with van der Waals surface area (Å²) in [5, 5.41) is 1.38. The average Bonchev–Trinajstić information content (AvgIpc) is 3.22. The van der Waals surface area contributed by atoms with Gasteiger partial charge in [0.1, 0.15) is 5.75 Å². The maximum Gasteiger partial charge on any atom is 0.262 e. The van der Waals surface area contributed by atoms with Crippen LogP contribution < -0.4 is 10.3 Å². The molecule has 2 heterocycles. The van der Waals surface area contributed by atoms with E-state index >= 15 is 0 Å². The molecule has 0 radical (unpaired) electrons. The highest BCUT2D eigenvalue weighted by atomic mass is 32.2. The van der Waals surface area contributed by atoms with Gasteiger partial charge in [-0.15, -0.1) is 0 Å². The number of fused-ring (bicyclic) bond motifs is 1. The molecule has 28 heavy (non-hydrogen) atoms. The molecule has 0 bridgehead atoms. The van der Waals surface area contributed by atoms with Gasteiger partial charge in [0.2, 0.25) is 0 Å². The predicted octanol–water partition coefficient (Wildman–Crippen LogP) is 4.06. The van der Waals surface area contributed by atoms with E-state index in [4.69, 9.17) is 14.5 Å². The molecule has 2 aromatic carbocycles. The Morgan fingerprint density at radius 2 is 2.04 bits per heavy atom. The zero-order valence-corrected chi connectivity index (χ0v) is 16.8. The number of nitrogens with zero attached hydrogens (tertiary/aromatic N) is 2. The minimum absolute atomic E-state index is 0.00317. The van der Waals surface area contributed by atoms with Crippen molar-refractivity contribution in [3.63, 3.8) is 0 Å². The summed E-state index contributed by atoms with van der Waals surface area (Å²) >= 11 is 1.56. The number of para-hydroxylation sites is 2. The van der Waals surface area contributed by atoms with Gasteiger partial charge >= 0.3 is 0 Å². The molecule has 0 amide bonds. The van der Waals surface area contributed by atoms with E-state index in [-0.39, 0.29) is 11.7 Å². The molecule has 0 unspecified atom stereocenters. The molecule has 0 spiro atoms. The first-order chi connectivity index (χ1) is 13.7. The van der Waals surface area contributed by atoms with Gasteiger partial charge in [-0.2, -0.15) is 0 Å². The molecule has 146 valence electrons. The summed E-state index contributed by atoms with van der Waals surface area (Å²) in [5.74, 6) is 1.61. The van der Waals surface area contributed by atoms with Crippen LogP contribution in [0.4, 0.5) is 0 Å². The van der Waals surface area contributed by atoms with Crippen LogP contribution in [0.2, 0.25) is 0 Å². The number of ether oxygens (including phenoxy) is 2. The van der Waals surface area contributed by atoms with E-state index in [2.05, 4.69) is 0 Å². The summed E-state index contributed by atoms with van der Waals surface area (Å²) in [6.07, 6.45) is 2.12. The fraction of sp³-hybridized carbons (Fsp3) is 0.364. The van der Waals surface area contributed by atoms with E-state index in [0.717, 1.165) is 41.4 Å². The lowest BCUT2D eigenvalue weighted by molar-refractivity contribution is 0.0937. The van der Waals surface area contributed by atoms with Crippen molar-refractivity contribution in [3.8, 4) is 5.75 Å². The first-order valence-electron chi connectivity index (χ1n) is 9.65. The summed E-state index contributed by atoms with van der Waals surface area (Å²) in [4.78, 5) is 17.8. The van der Waals surface area contributed by atoms with Crippen LogP contribution in [0.1, 0.15) is 18.4 Å². The quantitative estimate of drug-likeness (QED) is 0.343. The van der Waals surface area contributed by atoms with Crippen LogP contribution >= 0.6 is 11.8 Å². The molecule has 1 atom stereocenters. The molecule has 1 saturated heterocycles. The SMILES string of the molecule is Cc1ccccc1OCCSc1nc2ccccc2c(=O)n1C[C@@H]1CCCO1. The Labute approximate surface area is 168 Å². The van der Waals surface area contributed by atoms with Gasteiger partial charge in [-0.05, 0) is 43.5 Å². The third kappa shape index (κ3) is 4.23. The van der Waals surface area contributed by atoms with Crippen LogP contribution in [-0.4, -0.2) is 34.6 Å². The first-order valence-corrected chi connectivity index (χ1v) is 10.6. The van der Waals surface area contributed by atoms with E-state index in [1.54, 1.807) is 16.3 Å². The number of rotatable bonds is 7. The van der Waals surface area contributed by atoms with Crippen molar-refractivity contribution in [3.05, 3.63) is 64.4 Å². The summed E-state index contributed by atoms with van der Waals surface area (Å²) in [6, 6.07) is 15.5. The number of benzene rings is 2. The molecule has 1 aliphatic heterocycles. The number of aryl methyl sites for hydroxylation is 1. The molecule has 0 N–H and O–H groups in total. The molecule has 1 aliphatic rings. The minimum atomic E-state index is 0.00317. The molecule has 4 rings (SSSR count). The second kappa shape index (κ2) is 8.80. The zero-order valence-electron chi connectivity index (χ0n) is 16.0. The van der Waals surface area contributed by atoms with Crippen LogP contribution in [0.15, 0.2) is 58.5 Å². The van der Waals surface area contributed by atoms with Crippen molar-refractivity contribution in [2.75, 3.05) is 19.0 Å². The fourth-order valence-electron chi connectivity index (χ4n) is 3.41. The Hall–Kier alpha value is -2.31. The molecular formula is C22H24N2O3S. The van der Waals surface area contributed by atoms with E-state index in [1.807, 2.05) is 55.5 Å². The summed E-state index contributed by atoms with van der Waals surface area (Å²) in [6.45, 7) is 3.91. The van der Waals surface area contributed by atoms with Gasteiger partial charge in [0.25, 0.3) is 5.56 Å². The standard InChI is InChI=1S/C22H24N2O3S/c1-16-7-2-5-11-20(16)27-13-14-28-22-23-19-10-4-3-9-18(19)21(25)24(22)15-17-8-6-12-26-17/h2-5,7,9-11,17H,6,8,12-15H2,1H3/t17-/m0/s1. The van der Waals surface area contributed by atoms with Crippen LogP contribution in [0.3, 0.4) is 0 Å². The minimum Gasteiger partial charge on any atom is -0.492 e. The number of hydrogen-bond acceptors (Lipinski definition) is 5. The van der Waals surface area contributed by atoms with Crippen LogP contribution in [-0.2, 0) is 11.3 Å². The lowest BCUT2D eigenvalue weighted by atomic mass is 10.2. The molecule has 5 nitrogen and oxygen atoms in total. The zero-order chi connectivity index (χ0) is 19.3. The van der Waals surface area contributed by atoms with Crippen molar-refractivity contribution < 1.29 is 9.47 Å².